The molecule has 0 saturated carbocycles. The van der Waals surface area contributed by atoms with E-state index in [1.54, 1.807) is 11.0 Å². The van der Waals surface area contributed by atoms with E-state index >= 15 is 0 Å². The number of rotatable bonds is 6. The molecular formula is C31H34N6O5. The topological polar surface area (TPSA) is 128 Å². The number of piperidine rings is 2. The molecule has 11 heteroatoms. The molecule has 2 N–H and O–H groups in total. The summed E-state index contributed by atoms with van der Waals surface area (Å²) in [7, 11) is 0. The van der Waals surface area contributed by atoms with Gasteiger partial charge in [0.05, 0.1) is 11.6 Å². The van der Waals surface area contributed by atoms with Gasteiger partial charge in [-0.3, -0.25) is 24.6 Å². The third kappa shape index (κ3) is 5.30. The fraction of sp³-hybridized carbons (Fsp3) is 0.452. The van der Waals surface area contributed by atoms with Crippen molar-refractivity contribution in [1.29, 1.82) is 0 Å². The first-order chi connectivity index (χ1) is 20.4. The van der Waals surface area contributed by atoms with Gasteiger partial charge in [0, 0.05) is 62.8 Å². The number of imide groups is 1. The lowest BCUT2D eigenvalue weighted by Crippen LogP contribution is -2.52. The molecule has 0 bridgehead atoms. The number of benzene rings is 2. The number of nitrogens with zero attached hydrogens (tertiary/aromatic N) is 5. The van der Waals surface area contributed by atoms with E-state index in [2.05, 4.69) is 32.2 Å². The van der Waals surface area contributed by atoms with Gasteiger partial charge in [0.2, 0.25) is 17.8 Å². The lowest BCUT2D eigenvalue weighted by Gasteiger charge is -2.30. The Morgan fingerprint density at radius 3 is 2.79 bits per heavy atom. The Morgan fingerprint density at radius 2 is 1.93 bits per heavy atom. The van der Waals surface area contributed by atoms with E-state index in [9.17, 15) is 19.5 Å². The van der Waals surface area contributed by atoms with Gasteiger partial charge in [-0.15, -0.1) is 0 Å². The van der Waals surface area contributed by atoms with Gasteiger partial charge in [0.1, 0.15) is 17.9 Å². The molecule has 11 nitrogen and oxygen atoms in total. The second-order valence-corrected chi connectivity index (χ2v) is 11.8. The van der Waals surface area contributed by atoms with Crippen molar-refractivity contribution >= 4 is 34.6 Å². The van der Waals surface area contributed by atoms with Crippen molar-refractivity contribution in [3.05, 3.63) is 59.3 Å². The molecule has 0 radical (unpaired) electrons. The summed E-state index contributed by atoms with van der Waals surface area (Å²) in [6.07, 6.45) is 4.85. The number of fused-ring (bicyclic) bond motifs is 2. The molecule has 3 fully saturated rings. The Balaban J connectivity index is 0.957. The van der Waals surface area contributed by atoms with Gasteiger partial charge in [0.15, 0.2) is 0 Å². The van der Waals surface area contributed by atoms with E-state index in [1.165, 1.54) is 5.56 Å². The molecule has 3 saturated heterocycles. The number of aliphatic hydroxyl groups is 1. The minimum atomic E-state index is -0.622. The largest absolute Gasteiger partial charge is 0.489 e. The van der Waals surface area contributed by atoms with Crippen LogP contribution in [0.3, 0.4) is 0 Å². The number of hydrogen-bond donors (Lipinski definition) is 2. The Kier molecular flexibility index (Phi) is 6.99. The molecule has 0 spiro atoms. The van der Waals surface area contributed by atoms with E-state index in [1.807, 2.05) is 24.4 Å². The van der Waals surface area contributed by atoms with Crippen molar-refractivity contribution < 1.29 is 24.2 Å². The van der Waals surface area contributed by atoms with Crippen molar-refractivity contribution in [3.8, 4) is 5.75 Å². The number of hydrogen-bond acceptors (Lipinski definition) is 9. The normalized spacial score (nSPS) is 24.8. The summed E-state index contributed by atoms with van der Waals surface area (Å²) in [5.41, 5.74) is 3.52. The molecule has 1 aromatic heterocycles. The average molecular weight is 571 g/mol. The highest BCUT2D eigenvalue weighted by atomic mass is 16.5. The highest BCUT2D eigenvalue weighted by Gasteiger charge is 2.39. The molecule has 42 heavy (non-hydrogen) atoms. The summed E-state index contributed by atoms with van der Waals surface area (Å²) in [6, 6.07) is 11.2. The van der Waals surface area contributed by atoms with Crippen molar-refractivity contribution in [2.24, 2.45) is 0 Å². The predicted molar refractivity (Wildman–Crippen MR) is 154 cm³/mol. The molecule has 0 aliphatic carbocycles. The van der Waals surface area contributed by atoms with Crippen molar-refractivity contribution in [3.63, 3.8) is 0 Å². The standard InChI is InChI=1S/C31H34N6O5/c38-22-2-1-10-36(17-22)31-32-14-20-12-19(3-6-26(20)33-31)15-35-11-9-24(18-35)42-23-4-5-25-21(13-23)16-37(30(25)41)27-7-8-28(39)34-29(27)40/h3-6,12-14,22,24,27,38H,1-2,7-11,15-18H2,(H,34,39,40)/t22-,24-,27?/m0/s1. The van der Waals surface area contributed by atoms with Crippen LogP contribution in [0.15, 0.2) is 42.6 Å². The highest BCUT2D eigenvalue weighted by molar-refractivity contribution is 6.05. The second-order valence-electron chi connectivity index (χ2n) is 11.8. The third-order valence-electron chi connectivity index (χ3n) is 8.74. The molecular weight excluding hydrogens is 536 g/mol. The van der Waals surface area contributed by atoms with Crippen molar-refractivity contribution in [1.82, 2.24) is 25.1 Å². The maximum Gasteiger partial charge on any atom is 0.255 e. The molecule has 3 amide bonds. The fourth-order valence-corrected chi connectivity index (χ4v) is 6.57. The Morgan fingerprint density at radius 1 is 1.02 bits per heavy atom. The summed E-state index contributed by atoms with van der Waals surface area (Å²) in [5.74, 6) is 0.518. The smallest absolute Gasteiger partial charge is 0.255 e. The van der Waals surface area contributed by atoms with Gasteiger partial charge in [-0.25, -0.2) is 9.97 Å². The Labute approximate surface area is 243 Å². The van der Waals surface area contributed by atoms with Crippen LogP contribution in [0.25, 0.3) is 10.9 Å². The lowest BCUT2D eigenvalue weighted by molar-refractivity contribution is -0.136. The monoisotopic (exact) mass is 570 g/mol. The van der Waals surface area contributed by atoms with Gasteiger partial charge < -0.3 is 19.6 Å². The van der Waals surface area contributed by atoms with Crippen LogP contribution in [0.2, 0.25) is 0 Å². The number of anilines is 1. The van der Waals surface area contributed by atoms with Gasteiger partial charge in [0.25, 0.3) is 5.91 Å². The van der Waals surface area contributed by atoms with Crippen LogP contribution in [-0.2, 0) is 22.7 Å². The highest BCUT2D eigenvalue weighted by Crippen LogP contribution is 2.31. The van der Waals surface area contributed by atoms with Crippen LogP contribution in [0, 0.1) is 0 Å². The molecule has 3 atom stereocenters. The fourth-order valence-electron chi connectivity index (χ4n) is 6.57. The molecule has 4 aliphatic rings. The minimum Gasteiger partial charge on any atom is -0.489 e. The number of likely N-dealkylation sites (tertiary alicyclic amines) is 1. The van der Waals surface area contributed by atoms with Crippen LogP contribution in [0.4, 0.5) is 5.95 Å². The quantitative estimate of drug-likeness (QED) is 0.428. The number of amides is 3. The summed E-state index contributed by atoms with van der Waals surface area (Å²) < 4.78 is 6.33. The SMILES string of the molecule is O=C1CCC(N2Cc3cc(O[C@H]4CCN(Cc5ccc6nc(N7CCC[C@H](O)C7)ncc6c5)C4)ccc3C2=O)C(=O)N1. The number of ether oxygens (including phenoxy) is 1. The summed E-state index contributed by atoms with van der Waals surface area (Å²) in [5, 5.41) is 13.3. The zero-order chi connectivity index (χ0) is 28.8. The molecule has 2 aromatic carbocycles. The maximum atomic E-state index is 13.0. The summed E-state index contributed by atoms with van der Waals surface area (Å²) in [6.45, 7) is 4.29. The van der Waals surface area contributed by atoms with Crippen LogP contribution in [0.1, 0.15) is 53.6 Å². The minimum absolute atomic E-state index is 0.0395. The molecule has 5 heterocycles. The van der Waals surface area contributed by atoms with Crippen LogP contribution < -0.4 is 15.0 Å². The van der Waals surface area contributed by atoms with E-state index < -0.39 is 11.9 Å². The van der Waals surface area contributed by atoms with Crippen LogP contribution >= 0.6 is 0 Å². The van der Waals surface area contributed by atoms with Crippen LogP contribution in [-0.4, -0.2) is 87.0 Å². The van der Waals surface area contributed by atoms with E-state index in [-0.39, 0.29) is 30.4 Å². The zero-order valence-corrected chi connectivity index (χ0v) is 23.4. The van der Waals surface area contributed by atoms with Crippen molar-refractivity contribution in [2.45, 2.75) is 63.4 Å². The van der Waals surface area contributed by atoms with E-state index in [0.717, 1.165) is 67.7 Å². The number of β-amino-alcohol motifs (C(OH)–C–C–N with tert-alkyl or cyclic N) is 1. The number of carbonyl (C=O) groups is 3. The Hall–Kier alpha value is -4.09. The van der Waals surface area contributed by atoms with Crippen molar-refractivity contribution in [2.75, 3.05) is 31.1 Å². The first kappa shape index (κ1) is 26.8. The first-order valence-electron chi connectivity index (χ1n) is 14.7. The number of aromatic nitrogens is 2. The predicted octanol–water partition coefficient (Wildman–Crippen LogP) is 2.01. The first-order valence-corrected chi connectivity index (χ1v) is 14.7. The lowest BCUT2D eigenvalue weighted by atomic mass is 10.0. The second kappa shape index (κ2) is 11.0. The van der Waals surface area contributed by atoms with Gasteiger partial charge in [-0.1, -0.05) is 6.07 Å². The molecule has 7 rings (SSSR count). The van der Waals surface area contributed by atoms with Gasteiger partial charge in [-0.05, 0) is 67.1 Å². The average Bonchev–Trinajstić information content (AvgIpc) is 3.55. The maximum absolute atomic E-state index is 13.0. The molecule has 3 aromatic rings. The number of nitrogens with one attached hydrogen (secondary N) is 1. The van der Waals surface area contributed by atoms with Gasteiger partial charge in [-0.2, -0.15) is 0 Å². The van der Waals surface area contributed by atoms with Crippen LogP contribution in [0.5, 0.6) is 5.75 Å². The zero-order valence-electron chi connectivity index (χ0n) is 23.4. The van der Waals surface area contributed by atoms with Gasteiger partial charge >= 0.3 is 0 Å². The summed E-state index contributed by atoms with van der Waals surface area (Å²) in [4.78, 5) is 52.1. The van der Waals surface area contributed by atoms with E-state index in [0.29, 0.717) is 31.0 Å². The Bertz CT molecular complexity index is 1560. The number of carbonyl (C=O) groups excluding carboxylic acids is 3. The summed E-state index contributed by atoms with van der Waals surface area (Å²) >= 11 is 0. The third-order valence-corrected chi connectivity index (χ3v) is 8.74. The molecule has 4 aliphatic heterocycles. The molecule has 218 valence electrons. The molecule has 1 unspecified atom stereocenters. The number of aliphatic hydroxyl groups excluding tert-OH is 1. The van der Waals surface area contributed by atoms with E-state index in [4.69, 9.17) is 9.72 Å².